The predicted octanol–water partition coefficient (Wildman–Crippen LogP) is 5.34. The van der Waals surface area contributed by atoms with Crippen molar-refractivity contribution in [2.24, 2.45) is 0 Å². The van der Waals surface area contributed by atoms with Gasteiger partial charge >= 0.3 is 0 Å². The third-order valence-corrected chi connectivity index (χ3v) is 4.06. The molecule has 0 aliphatic carbocycles. The lowest BCUT2D eigenvalue weighted by Gasteiger charge is -2.07. The van der Waals surface area contributed by atoms with Gasteiger partial charge in [0.1, 0.15) is 11.6 Å². The van der Waals surface area contributed by atoms with Crippen molar-refractivity contribution in [3.63, 3.8) is 0 Å². The Morgan fingerprint density at radius 1 is 0.870 bits per heavy atom. The lowest BCUT2D eigenvalue weighted by atomic mass is 9.99. The third-order valence-electron chi connectivity index (χ3n) is 4.06. The SMILES string of the molecule is Cc1ccc(F)cc1-c1ccc(-c2nc3ccccc3[nH]2)cc1. The fraction of sp³-hybridized carbons (Fsp3) is 0.0500. The maximum atomic E-state index is 13.5. The van der Waals surface area contributed by atoms with E-state index in [2.05, 4.69) is 9.97 Å². The fourth-order valence-electron chi connectivity index (χ4n) is 2.80. The van der Waals surface area contributed by atoms with Crippen molar-refractivity contribution >= 4 is 11.0 Å². The van der Waals surface area contributed by atoms with Crippen LogP contribution in [-0.4, -0.2) is 9.97 Å². The molecule has 0 bridgehead atoms. The minimum absolute atomic E-state index is 0.216. The Hall–Kier alpha value is -2.94. The number of rotatable bonds is 2. The monoisotopic (exact) mass is 302 g/mol. The van der Waals surface area contributed by atoms with Crippen LogP contribution in [0, 0.1) is 12.7 Å². The van der Waals surface area contributed by atoms with Crippen LogP contribution in [0.5, 0.6) is 0 Å². The van der Waals surface area contributed by atoms with Crippen LogP contribution in [0.1, 0.15) is 5.56 Å². The van der Waals surface area contributed by atoms with E-state index in [0.29, 0.717) is 0 Å². The fourth-order valence-corrected chi connectivity index (χ4v) is 2.80. The van der Waals surface area contributed by atoms with Gasteiger partial charge in [0.2, 0.25) is 0 Å². The Morgan fingerprint density at radius 3 is 2.39 bits per heavy atom. The van der Waals surface area contributed by atoms with Gasteiger partial charge in [-0.1, -0.05) is 42.5 Å². The molecule has 112 valence electrons. The molecule has 0 aliphatic rings. The van der Waals surface area contributed by atoms with Crippen molar-refractivity contribution in [3.05, 3.63) is 78.1 Å². The molecule has 1 N–H and O–H groups in total. The summed E-state index contributed by atoms with van der Waals surface area (Å²) in [6.07, 6.45) is 0. The van der Waals surface area contributed by atoms with Crippen molar-refractivity contribution in [2.75, 3.05) is 0 Å². The Balaban J connectivity index is 1.74. The molecule has 4 aromatic rings. The molecule has 0 spiro atoms. The maximum Gasteiger partial charge on any atom is 0.138 e. The largest absolute Gasteiger partial charge is 0.338 e. The minimum Gasteiger partial charge on any atom is -0.338 e. The summed E-state index contributed by atoms with van der Waals surface area (Å²) in [4.78, 5) is 7.92. The molecule has 0 radical (unpaired) electrons. The van der Waals surface area contributed by atoms with Crippen LogP contribution in [0.4, 0.5) is 4.39 Å². The summed E-state index contributed by atoms with van der Waals surface area (Å²) in [5, 5.41) is 0. The number of imidazole rings is 1. The minimum atomic E-state index is -0.216. The first-order valence-corrected chi connectivity index (χ1v) is 7.52. The molecule has 0 saturated heterocycles. The van der Waals surface area contributed by atoms with Crippen LogP contribution in [0.25, 0.3) is 33.5 Å². The van der Waals surface area contributed by atoms with E-state index >= 15 is 0 Å². The van der Waals surface area contributed by atoms with Crippen molar-refractivity contribution in [2.45, 2.75) is 6.92 Å². The van der Waals surface area contributed by atoms with Gasteiger partial charge in [0.05, 0.1) is 11.0 Å². The summed E-state index contributed by atoms with van der Waals surface area (Å²) in [6, 6.07) is 20.9. The molecule has 0 unspecified atom stereocenters. The van der Waals surface area contributed by atoms with Gasteiger partial charge in [0.15, 0.2) is 0 Å². The summed E-state index contributed by atoms with van der Waals surface area (Å²) >= 11 is 0. The van der Waals surface area contributed by atoms with Crippen molar-refractivity contribution in [3.8, 4) is 22.5 Å². The van der Waals surface area contributed by atoms with Gasteiger partial charge in [-0.15, -0.1) is 0 Å². The number of H-pyrrole nitrogens is 1. The smallest absolute Gasteiger partial charge is 0.138 e. The van der Waals surface area contributed by atoms with E-state index in [0.717, 1.165) is 39.1 Å². The highest BCUT2D eigenvalue weighted by molar-refractivity contribution is 5.80. The first-order valence-electron chi connectivity index (χ1n) is 7.52. The molecule has 0 aliphatic heterocycles. The first kappa shape index (κ1) is 13.7. The number of para-hydroxylation sites is 2. The molecule has 0 amide bonds. The topological polar surface area (TPSA) is 28.7 Å². The number of aromatic nitrogens is 2. The molecule has 0 atom stereocenters. The maximum absolute atomic E-state index is 13.5. The number of hydrogen-bond acceptors (Lipinski definition) is 1. The summed E-state index contributed by atoms with van der Waals surface area (Å²) in [7, 11) is 0. The molecular formula is C20H15FN2. The lowest BCUT2D eigenvalue weighted by molar-refractivity contribution is 0.628. The highest BCUT2D eigenvalue weighted by atomic mass is 19.1. The number of nitrogens with one attached hydrogen (secondary N) is 1. The molecule has 1 aromatic heterocycles. The van der Waals surface area contributed by atoms with Gasteiger partial charge in [-0.3, -0.25) is 0 Å². The number of aryl methyl sites for hydroxylation is 1. The molecule has 2 nitrogen and oxygen atoms in total. The van der Waals surface area contributed by atoms with Gasteiger partial charge in [-0.2, -0.15) is 0 Å². The Morgan fingerprint density at radius 2 is 1.61 bits per heavy atom. The number of nitrogens with zero attached hydrogens (tertiary/aromatic N) is 1. The van der Waals surface area contributed by atoms with Gasteiger partial charge in [0, 0.05) is 5.56 Å². The molecule has 1 heterocycles. The summed E-state index contributed by atoms with van der Waals surface area (Å²) in [5.41, 5.74) is 5.96. The molecule has 3 aromatic carbocycles. The normalized spacial score (nSPS) is 11.0. The molecule has 23 heavy (non-hydrogen) atoms. The Bertz CT molecular complexity index is 951. The third kappa shape index (κ3) is 2.50. The zero-order chi connectivity index (χ0) is 15.8. The highest BCUT2D eigenvalue weighted by Crippen LogP contribution is 2.27. The van der Waals surface area contributed by atoms with Crippen LogP contribution in [0.15, 0.2) is 66.7 Å². The van der Waals surface area contributed by atoms with E-state index in [9.17, 15) is 4.39 Å². The van der Waals surface area contributed by atoms with Crippen LogP contribution < -0.4 is 0 Å². The van der Waals surface area contributed by atoms with E-state index in [4.69, 9.17) is 0 Å². The van der Waals surface area contributed by atoms with E-state index in [1.54, 1.807) is 12.1 Å². The molecule has 0 fully saturated rings. The number of fused-ring (bicyclic) bond motifs is 1. The summed E-state index contributed by atoms with van der Waals surface area (Å²) in [5.74, 6) is 0.626. The second kappa shape index (κ2) is 5.36. The molecule has 3 heteroatoms. The lowest BCUT2D eigenvalue weighted by Crippen LogP contribution is -1.86. The summed E-state index contributed by atoms with van der Waals surface area (Å²) in [6.45, 7) is 1.99. The predicted molar refractivity (Wildman–Crippen MR) is 91.7 cm³/mol. The number of halogens is 1. The Labute approximate surface area is 133 Å². The van der Waals surface area contributed by atoms with Gasteiger partial charge in [-0.25, -0.2) is 9.37 Å². The van der Waals surface area contributed by atoms with E-state index in [1.807, 2.05) is 55.5 Å². The second-order valence-corrected chi connectivity index (χ2v) is 5.64. The first-order chi connectivity index (χ1) is 11.2. The van der Waals surface area contributed by atoms with Crippen LogP contribution in [0.2, 0.25) is 0 Å². The van der Waals surface area contributed by atoms with Gasteiger partial charge in [0.25, 0.3) is 0 Å². The summed E-state index contributed by atoms with van der Waals surface area (Å²) < 4.78 is 13.5. The molecule has 4 rings (SSSR count). The van der Waals surface area contributed by atoms with Crippen LogP contribution in [-0.2, 0) is 0 Å². The van der Waals surface area contributed by atoms with E-state index in [-0.39, 0.29) is 5.82 Å². The number of benzene rings is 3. The number of hydrogen-bond donors (Lipinski definition) is 1. The highest BCUT2D eigenvalue weighted by Gasteiger charge is 2.07. The zero-order valence-corrected chi connectivity index (χ0v) is 12.7. The van der Waals surface area contributed by atoms with E-state index in [1.165, 1.54) is 6.07 Å². The van der Waals surface area contributed by atoms with Crippen LogP contribution >= 0.6 is 0 Å². The quantitative estimate of drug-likeness (QED) is 0.531. The molecule has 0 saturated carbocycles. The van der Waals surface area contributed by atoms with Crippen LogP contribution in [0.3, 0.4) is 0 Å². The van der Waals surface area contributed by atoms with Gasteiger partial charge < -0.3 is 4.98 Å². The van der Waals surface area contributed by atoms with Crippen molar-refractivity contribution in [1.82, 2.24) is 9.97 Å². The zero-order valence-electron chi connectivity index (χ0n) is 12.7. The molecular weight excluding hydrogens is 287 g/mol. The van der Waals surface area contributed by atoms with E-state index < -0.39 is 0 Å². The standard InChI is InChI=1S/C20H15FN2/c1-13-6-11-16(21)12-17(13)14-7-9-15(10-8-14)20-22-18-4-2-3-5-19(18)23-20/h2-12H,1H3,(H,22,23). The van der Waals surface area contributed by atoms with Crippen molar-refractivity contribution in [1.29, 1.82) is 0 Å². The average Bonchev–Trinajstić information content (AvgIpc) is 3.01. The van der Waals surface area contributed by atoms with Gasteiger partial charge in [-0.05, 0) is 47.9 Å². The number of aromatic amines is 1. The Kier molecular flexibility index (Phi) is 3.19. The second-order valence-electron chi connectivity index (χ2n) is 5.64. The van der Waals surface area contributed by atoms with Crippen molar-refractivity contribution < 1.29 is 4.39 Å². The average molecular weight is 302 g/mol.